The summed E-state index contributed by atoms with van der Waals surface area (Å²) >= 11 is 0. The summed E-state index contributed by atoms with van der Waals surface area (Å²) in [6.45, 7) is 13.5. The van der Waals surface area contributed by atoms with Gasteiger partial charge in [-0.05, 0) is 47.0 Å². The fraction of sp³-hybridized carbons (Fsp3) is 0.917. The van der Waals surface area contributed by atoms with Crippen molar-refractivity contribution in [3.8, 4) is 0 Å². The molecule has 0 heterocycles. The predicted molar refractivity (Wildman–Crippen MR) is 134 cm³/mol. The van der Waals surface area contributed by atoms with Gasteiger partial charge in [0.15, 0.2) is 0 Å². The van der Waals surface area contributed by atoms with E-state index in [2.05, 4.69) is 21.1 Å². The number of carbonyl (C=O) groups is 2. The lowest BCUT2D eigenvalue weighted by Gasteiger charge is -2.24. The first-order chi connectivity index (χ1) is 15.1. The molecule has 0 aromatic heterocycles. The Morgan fingerprint density at radius 1 is 0.727 bits per heavy atom. The fourth-order valence-corrected chi connectivity index (χ4v) is 4.08. The van der Waals surface area contributed by atoms with Gasteiger partial charge >= 0.3 is 20.7 Å². The van der Waals surface area contributed by atoms with Crippen LogP contribution in [-0.4, -0.2) is 87.5 Å². The van der Waals surface area contributed by atoms with Gasteiger partial charge < -0.3 is 27.2 Å². The minimum Gasteiger partial charge on any atom is -0.465 e. The van der Waals surface area contributed by atoms with Gasteiger partial charge in [0, 0.05) is 33.8 Å². The van der Waals surface area contributed by atoms with E-state index in [1.807, 2.05) is 41.5 Å². The summed E-state index contributed by atoms with van der Waals surface area (Å²) in [6.07, 6.45) is 3.18. The van der Waals surface area contributed by atoms with E-state index in [0.717, 1.165) is 30.3 Å². The van der Waals surface area contributed by atoms with Crippen molar-refractivity contribution in [1.29, 1.82) is 0 Å². The van der Waals surface area contributed by atoms with Crippen LogP contribution in [0.2, 0.25) is 6.04 Å². The Morgan fingerprint density at radius 2 is 1.09 bits per heavy atom. The van der Waals surface area contributed by atoms with Crippen LogP contribution < -0.4 is 0 Å². The van der Waals surface area contributed by atoms with Crippen molar-refractivity contribution < 1.29 is 36.8 Å². The zero-order chi connectivity index (χ0) is 26.3. The fourth-order valence-electron chi connectivity index (χ4n) is 2.39. The predicted octanol–water partition coefficient (Wildman–Crippen LogP) is 4.30. The molecule has 0 saturated heterocycles. The van der Waals surface area contributed by atoms with Crippen LogP contribution >= 0.6 is 0 Å². The molecule has 0 aliphatic rings. The van der Waals surface area contributed by atoms with E-state index in [1.54, 1.807) is 21.3 Å². The van der Waals surface area contributed by atoms with E-state index in [0.29, 0.717) is 25.7 Å². The summed E-state index contributed by atoms with van der Waals surface area (Å²) in [7, 11) is 8.60. The van der Waals surface area contributed by atoms with E-state index in [1.165, 1.54) is 0 Å². The number of hydrogen-bond acceptors (Lipinski definition) is 7. The van der Waals surface area contributed by atoms with Crippen LogP contribution in [0.4, 0.5) is 0 Å². The molecule has 9 heteroatoms. The second kappa shape index (κ2) is 15.8. The molecular formula is C24H52NO7Si+. The minimum atomic E-state index is -2.53. The normalized spacial score (nSPS) is 12.6. The van der Waals surface area contributed by atoms with Crippen LogP contribution in [0.25, 0.3) is 0 Å². The molecule has 0 radical (unpaired) electrons. The van der Waals surface area contributed by atoms with Gasteiger partial charge in [-0.1, -0.05) is 13.8 Å². The van der Waals surface area contributed by atoms with Crippen LogP contribution in [0.1, 0.15) is 67.2 Å². The second-order valence-corrected chi connectivity index (χ2v) is 13.6. The molecule has 0 rings (SSSR count). The number of ether oxygens (including phenoxy) is 2. The Balaban J connectivity index is 0. The van der Waals surface area contributed by atoms with Gasteiger partial charge in [0.25, 0.3) is 0 Å². The third-order valence-corrected chi connectivity index (χ3v) is 8.70. The summed E-state index contributed by atoms with van der Waals surface area (Å²) in [5, 5.41) is 0. The zero-order valence-electron chi connectivity index (χ0n) is 23.5. The molecule has 8 nitrogen and oxygen atoms in total. The summed E-state index contributed by atoms with van der Waals surface area (Å²) in [4.78, 5) is 23.3. The van der Waals surface area contributed by atoms with E-state index < -0.39 is 14.2 Å². The first-order valence-corrected chi connectivity index (χ1v) is 13.8. The largest absolute Gasteiger partial charge is 0.500 e. The molecule has 0 fully saturated rings. The van der Waals surface area contributed by atoms with Crippen molar-refractivity contribution in [2.24, 2.45) is 10.8 Å². The number of quaternary nitrogens is 1. The Labute approximate surface area is 204 Å². The Morgan fingerprint density at radius 3 is 1.39 bits per heavy atom. The van der Waals surface area contributed by atoms with Crippen molar-refractivity contribution in [2.45, 2.75) is 73.3 Å². The molecule has 0 saturated carbocycles. The van der Waals surface area contributed by atoms with Gasteiger partial charge in [-0.25, -0.2) is 0 Å². The van der Waals surface area contributed by atoms with Gasteiger partial charge in [-0.3, -0.25) is 9.59 Å². The van der Waals surface area contributed by atoms with Gasteiger partial charge in [0.2, 0.25) is 0 Å². The zero-order valence-corrected chi connectivity index (χ0v) is 24.5. The summed E-state index contributed by atoms with van der Waals surface area (Å²) in [6, 6.07) is 0.635. The lowest BCUT2D eigenvalue weighted by atomic mass is 9.91. The molecule has 0 aliphatic heterocycles. The SMILES string of the molecule is CCC(C)(C)C(=O)OCCC[N+](C)(C)C.CCC(C)(C)C(=O)OCCC[Si](OC)(OC)OC. The van der Waals surface area contributed by atoms with Crippen LogP contribution in [0, 0.1) is 10.8 Å². The second-order valence-electron chi connectivity index (χ2n) is 10.5. The molecule has 198 valence electrons. The molecule has 0 aromatic carbocycles. The van der Waals surface area contributed by atoms with Crippen LogP contribution in [0.3, 0.4) is 0 Å². The van der Waals surface area contributed by atoms with Gasteiger partial charge in [0.1, 0.15) is 0 Å². The Kier molecular flexibility index (Phi) is 16.4. The van der Waals surface area contributed by atoms with Gasteiger partial charge in [-0.2, -0.15) is 0 Å². The van der Waals surface area contributed by atoms with Crippen LogP contribution in [0.5, 0.6) is 0 Å². The maximum absolute atomic E-state index is 11.7. The Bertz CT molecular complexity index is 547. The monoisotopic (exact) mass is 494 g/mol. The molecule has 0 unspecified atom stereocenters. The molecular weight excluding hydrogens is 442 g/mol. The summed E-state index contributed by atoms with van der Waals surface area (Å²) in [5.74, 6) is -0.240. The highest BCUT2D eigenvalue weighted by Gasteiger charge is 2.37. The average molecular weight is 495 g/mol. The van der Waals surface area contributed by atoms with Crippen molar-refractivity contribution >= 4 is 20.7 Å². The van der Waals surface area contributed by atoms with Gasteiger partial charge in [0.05, 0.1) is 51.7 Å². The molecule has 0 aromatic rings. The van der Waals surface area contributed by atoms with Crippen molar-refractivity contribution in [3.05, 3.63) is 0 Å². The highest BCUT2D eigenvalue weighted by Crippen LogP contribution is 2.22. The van der Waals surface area contributed by atoms with Crippen LogP contribution in [0.15, 0.2) is 0 Å². The molecule has 0 spiro atoms. The lowest BCUT2D eigenvalue weighted by Crippen LogP contribution is -2.42. The topological polar surface area (TPSA) is 80.3 Å². The molecule has 0 N–H and O–H groups in total. The highest BCUT2D eigenvalue weighted by atomic mass is 28.4. The smallest absolute Gasteiger partial charge is 0.465 e. The Hall–Kier alpha value is -1.00. The number of hydrogen-bond donors (Lipinski definition) is 0. The average Bonchev–Trinajstić information content (AvgIpc) is 2.76. The van der Waals surface area contributed by atoms with Crippen molar-refractivity contribution in [3.63, 3.8) is 0 Å². The van der Waals surface area contributed by atoms with Crippen molar-refractivity contribution in [1.82, 2.24) is 0 Å². The number of carbonyl (C=O) groups excluding carboxylic acids is 2. The maximum Gasteiger partial charge on any atom is 0.500 e. The summed E-state index contributed by atoms with van der Waals surface area (Å²) in [5.41, 5.74) is -0.755. The van der Waals surface area contributed by atoms with E-state index >= 15 is 0 Å². The molecule has 0 bridgehead atoms. The molecule has 0 amide bonds. The number of esters is 2. The van der Waals surface area contributed by atoms with E-state index in [4.69, 9.17) is 22.8 Å². The third kappa shape index (κ3) is 14.8. The highest BCUT2D eigenvalue weighted by molar-refractivity contribution is 6.60. The quantitative estimate of drug-likeness (QED) is 0.145. The minimum absolute atomic E-state index is 0.0774. The number of rotatable bonds is 15. The van der Waals surface area contributed by atoms with E-state index in [9.17, 15) is 9.59 Å². The third-order valence-electron chi connectivity index (χ3n) is 5.87. The molecule has 0 aliphatic carbocycles. The first-order valence-electron chi connectivity index (χ1n) is 11.9. The lowest BCUT2D eigenvalue weighted by molar-refractivity contribution is -0.870. The summed E-state index contributed by atoms with van der Waals surface area (Å²) < 4.78 is 27.3. The first kappa shape index (κ1) is 34.2. The number of nitrogens with zero attached hydrogens (tertiary/aromatic N) is 1. The van der Waals surface area contributed by atoms with Crippen LogP contribution in [-0.2, 0) is 32.3 Å². The molecule has 0 atom stereocenters. The van der Waals surface area contributed by atoms with E-state index in [-0.39, 0.29) is 17.4 Å². The standard InChI is InChI=1S/C12H26NO2.C12H26O5Si/c1-7-12(2,3)11(14)15-10-8-9-13(4,5)6;1-7-12(2,3)11(13)17-9-8-10-18(14-4,15-5)16-6/h7-10H2,1-6H3;7-10H2,1-6H3/q+1;. The molecule has 33 heavy (non-hydrogen) atoms. The van der Waals surface area contributed by atoms with Crippen molar-refractivity contribution in [2.75, 3.05) is 62.2 Å². The van der Waals surface area contributed by atoms with Gasteiger partial charge in [-0.15, -0.1) is 0 Å². The maximum atomic E-state index is 11.7.